The molecule has 0 fully saturated rings. The predicted molar refractivity (Wildman–Crippen MR) is 114 cm³/mol. The van der Waals surface area contributed by atoms with Crippen molar-refractivity contribution in [1.82, 2.24) is 4.98 Å². The molecule has 6 heteroatoms. The van der Waals surface area contributed by atoms with Gasteiger partial charge in [-0.15, -0.1) is 11.3 Å². The highest BCUT2D eigenvalue weighted by atomic mass is 32.1. The van der Waals surface area contributed by atoms with E-state index in [1.165, 1.54) is 12.1 Å². The number of nitrogen functional groups attached to an aromatic ring is 1. The first-order valence-electron chi connectivity index (χ1n) is 13.0. The van der Waals surface area contributed by atoms with Crippen LogP contribution in [0.5, 0.6) is 0 Å². The van der Waals surface area contributed by atoms with Crippen molar-refractivity contribution in [2.24, 2.45) is 0 Å². The van der Waals surface area contributed by atoms with Crippen LogP contribution in [0.1, 0.15) is 54.4 Å². The maximum atomic E-state index is 12.4. The number of hydrogen-bond acceptors (Lipinski definition) is 5. The third-order valence-corrected chi connectivity index (χ3v) is 4.26. The predicted octanol–water partition coefficient (Wildman–Crippen LogP) is 4.35. The number of thiazole rings is 1. The molecule has 5 nitrogen and oxygen atoms in total. The van der Waals surface area contributed by atoms with Gasteiger partial charge in [-0.25, -0.2) is 4.98 Å². The Labute approximate surface area is 181 Å². The Hall–Kier alpha value is -2.70. The summed E-state index contributed by atoms with van der Waals surface area (Å²) in [5.74, 6) is -0.731. The Morgan fingerprint density at radius 2 is 2.04 bits per heavy atom. The van der Waals surface area contributed by atoms with E-state index in [2.05, 4.69) is 10.3 Å². The maximum absolute atomic E-state index is 12.4. The van der Waals surface area contributed by atoms with E-state index in [-0.39, 0.29) is 33.7 Å². The fourth-order valence-corrected chi connectivity index (χ4v) is 2.80. The van der Waals surface area contributed by atoms with E-state index in [1.807, 2.05) is 0 Å². The lowest BCUT2D eigenvalue weighted by atomic mass is 10.0. The van der Waals surface area contributed by atoms with E-state index in [0.717, 1.165) is 11.3 Å². The van der Waals surface area contributed by atoms with Crippen molar-refractivity contribution in [1.29, 1.82) is 0 Å². The second kappa shape index (κ2) is 10.0. The second-order valence-corrected chi connectivity index (χ2v) is 6.63. The minimum Gasteiger partial charge on any atom is -0.388 e. The quantitative estimate of drug-likeness (QED) is 0.495. The Kier molecular flexibility index (Phi) is 4.05. The number of nitrogens with one attached hydrogen (secondary N) is 1. The third-order valence-electron chi connectivity index (χ3n) is 3.63. The van der Waals surface area contributed by atoms with Crippen LogP contribution >= 0.6 is 11.3 Å². The van der Waals surface area contributed by atoms with Crippen LogP contribution in [-0.4, -0.2) is 16.0 Å². The number of rotatable bonds is 9. The minimum absolute atomic E-state index is 0.0120. The second-order valence-electron chi connectivity index (χ2n) is 5.80. The SMILES string of the molecule is [2H]c1sc(N)nc1CC(=O)Nc1c([2H])c([2H])c(CC([2H])([2H])CC([2H])([2H])[C@H](O)c2ccccc2)c([2H])c1[2H]. The summed E-state index contributed by atoms with van der Waals surface area (Å²) in [5.41, 5.74) is 5.20. The molecule has 0 saturated carbocycles. The van der Waals surface area contributed by atoms with Gasteiger partial charge >= 0.3 is 0 Å². The topological polar surface area (TPSA) is 88.2 Å². The molecule has 0 radical (unpaired) electrons. The molecule has 1 heterocycles. The van der Waals surface area contributed by atoms with Crippen LogP contribution < -0.4 is 11.1 Å². The summed E-state index contributed by atoms with van der Waals surface area (Å²) in [6.45, 7) is 0. The molecule has 1 aromatic heterocycles. The van der Waals surface area contributed by atoms with E-state index in [0.29, 0.717) is 0 Å². The summed E-state index contributed by atoms with van der Waals surface area (Å²) in [6.07, 6.45) is -8.16. The van der Waals surface area contributed by atoms with Gasteiger partial charge in [0.15, 0.2) is 5.13 Å². The van der Waals surface area contributed by atoms with Gasteiger partial charge in [0.05, 0.1) is 25.1 Å². The fourth-order valence-electron chi connectivity index (χ4n) is 2.30. The zero-order valence-electron chi connectivity index (χ0n) is 23.9. The molecule has 1 atom stereocenters. The van der Waals surface area contributed by atoms with Crippen molar-refractivity contribution in [3.63, 3.8) is 0 Å². The average molecular weight is 405 g/mol. The molecule has 0 aliphatic carbocycles. The van der Waals surface area contributed by atoms with Gasteiger partial charge < -0.3 is 16.2 Å². The van der Waals surface area contributed by atoms with Crippen molar-refractivity contribution in [2.45, 2.75) is 38.1 Å². The van der Waals surface area contributed by atoms with Gasteiger partial charge in [-0.3, -0.25) is 4.79 Å². The van der Waals surface area contributed by atoms with Crippen molar-refractivity contribution >= 4 is 28.1 Å². The number of benzene rings is 2. The molecule has 0 spiro atoms. The van der Waals surface area contributed by atoms with Crippen LogP contribution in [0.4, 0.5) is 10.8 Å². The van der Waals surface area contributed by atoms with Crippen LogP contribution in [0, 0.1) is 0 Å². The van der Waals surface area contributed by atoms with Crippen LogP contribution in [0.25, 0.3) is 0 Å². The number of aliphatic hydroxyl groups is 1. The lowest BCUT2D eigenvalue weighted by Gasteiger charge is -2.10. The van der Waals surface area contributed by atoms with Crippen LogP contribution in [-0.2, 0) is 17.6 Å². The smallest absolute Gasteiger partial charge is 0.230 e. The van der Waals surface area contributed by atoms with Crippen LogP contribution in [0.15, 0.2) is 59.9 Å². The van der Waals surface area contributed by atoms with Crippen molar-refractivity contribution < 1.29 is 22.2 Å². The molecule has 0 aliphatic rings. The van der Waals surface area contributed by atoms with Gasteiger partial charge in [0.1, 0.15) is 0 Å². The molecule has 3 aromatic rings. The van der Waals surface area contributed by atoms with Gasteiger partial charge in [-0.2, -0.15) is 0 Å². The summed E-state index contributed by atoms with van der Waals surface area (Å²) >= 11 is 0.881. The van der Waals surface area contributed by atoms with E-state index < -0.39 is 67.5 Å². The molecule has 1 amide bonds. The summed E-state index contributed by atoms with van der Waals surface area (Å²) in [6, 6.07) is 5.60. The molecular formula is C22H25N3O2S. The number of carbonyl (C=O) groups is 1. The number of carbonyl (C=O) groups excluding carboxylic acids is 1. The monoisotopic (exact) mass is 404 g/mol. The number of amides is 1. The van der Waals surface area contributed by atoms with Gasteiger partial charge in [0, 0.05) is 16.5 Å². The first-order valence-corrected chi connectivity index (χ1v) is 9.28. The highest BCUT2D eigenvalue weighted by Gasteiger charge is 2.08. The lowest BCUT2D eigenvalue weighted by Crippen LogP contribution is -2.14. The Bertz CT molecular complexity index is 1270. The van der Waals surface area contributed by atoms with E-state index in [1.54, 1.807) is 18.2 Å². The lowest BCUT2D eigenvalue weighted by molar-refractivity contribution is -0.115. The number of aromatic nitrogens is 1. The third kappa shape index (κ3) is 6.18. The maximum Gasteiger partial charge on any atom is 0.230 e. The number of nitrogens with zero attached hydrogens (tertiary/aromatic N) is 1. The molecule has 0 unspecified atom stereocenters. The Morgan fingerprint density at radius 3 is 2.71 bits per heavy atom. The molecule has 146 valence electrons. The molecule has 3 rings (SSSR count). The summed E-state index contributed by atoms with van der Waals surface area (Å²) in [7, 11) is 0. The van der Waals surface area contributed by atoms with Gasteiger partial charge in [0.2, 0.25) is 5.91 Å². The summed E-state index contributed by atoms with van der Waals surface area (Å²) in [5, 5.41) is 12.9. The Morgan fingerprint density at radius 1 is 1.29 bits per heavy atom. The van der Waals surface area contributed by atoms with Crippen LogP contribution in [0.2, 0.25) is 0 Å². The van der Waals surface area contributed by atoms with Crippen molar-refractivity contribution in [2.75, 3.05) is 11.1 Å². The molecular weight excluding hydrogens is 370 g/mol. The standard InChI is InChI=1S/C22H25N3O2S/c23-22-25-19(15-28-22)14-21(27)24-18-12-10-16(11-13-18)6-4-5-9-20(26)17-7-2-1-3-8-17/h1-3,7-8,10-13,15,20,26H,4-6,9,14H2,(H2,23,25)(H,24,27)/t20-/m0/s1/i4D2,9D2,10D,11D,12D,13D,15D. The molecule has 0 saturated heterocycles. The molecule has 4 N–H and O–H groups in total. The number of anilines is 2. The Balaban J connectivity index is 1.82. The fraction of sp³-hybridized carbons (Fsp3) is 0.273. The average Bonchev–Trinajstić information content (AvgIpc) is 3.13. The van der Waals surface area contributed by atoms with Gasteiger partial charge in [-0.05, 0) is 42.4 Å². The first-order chi connectivity index (χ1) is 17.1. The van der Waals surface area contributed by atoms with E-state index in [9.17, 15) is 9.90 Å². The van der Waals surface area contributed by atoms with Crippen molar-refractivity contribution in [3.05, 3.63) is 76.7 Å². The number of hydrogen-bond donors (Lipinski definition) is 3. The van der Waals surface area contributed by atoms with Crippen molar-refractivity contribution in [3.8, 4) is 0 Å². The van der Waals surface area contributed by atoms with Crippen LogP contribution in [0.3, 0.4) is 0 Å². The molecule has 28 heavy (non-hydrogen) atoms. The summed E-state index contributed by atoms with van der Waals surface area (Å²) < 4.78 is 74.0. The highest BCUT2D eigenvalue weighted by molar-refractivity contribution is 7.13. The zero-order chi connectivity index (χ0) is 27.7. The highest BCUT2D eigenvalue weighted by Crippen LogP contribution is 2.20. The number of aliphatic hydroxyl groups excluding tert-OH is 1. The van der Waals surface area contributed by atoms with Gasteiger partial charge in [-0.1, -0.05) is 48.8 Å². The minimum atomic E-state index is -2.40. The largest absolute Gasteiger partial charge is 0.388 e. The van der Waals surface area contributed by atoms with E-state index >= 15 is 0 Å². The van der Waals surface area contributed by atoms with Gasteiger partial charge in [0.25, 0.3) is 0 Å². The molecule has 0 aliphatic heterocycles. The molecule has 0 bridgehead atoms. The first kappa shape index (κ1) is 11.3. The van der Waals surface area contributed by atoms with E-state index in [4.69, 9.17) is 18.1 Å². The summed E-state index contributed by atoms with van der Waals surface area (Å²) in [4.78, 5) is 16.3. The molecule has 2 aromatic carbocycles. The zero-order valence-corrected chi connectivity index (χ0v) is 15.7. The normalized spacial score (nSPS) is 17.5. The number of nitrogens with two attached hydrogens (primary N) is 1.